The number of ether oxygens (including phenoxy) is 1. The summed E-state index contributed by atoms with van der Waals surface area (Å²) in [6.45, 7) is 0.783. The van der Waals surface area contributed by atoms with Gasteiger partial charge in [-0.2, -0.15) is 0 Å². The summed E-state index contributed by atoms with van der Waals surface area (Å²) in [7, 11) is 0. The van der Waals surface area contributed by atoms with Crippen LogP contribution in [0.25, 0.3) is 0 Å². The van der Waals surface area contributed by atoms with E-state index in [1.54, 1.807) is 12.3 Å². The van der Waals surface area contributed by atoms with Crippen LogP contribution in [0.15, 0.2) is 22.9 Å². The number of carbonyl (C=O) groups is 2. The molecule has 1 amide bonds. The summed E-state index contributed by atoms with van der Waals surface area (Å²) >= 11 is 3.26. The number of aliphatic carboxylic acids is 1. The average Bonchev–Trinajstić information content (AvgIpc) is 2.45. The first-order valence-electron chi connectivity index (χ1n) is 6.29. The van der Waals surface area contributed by atoms with Gasteiger partial charge in [0.05, 0.1) is 5.56 Å². The van der Waals surface area contributed by atoms with E-state index in [4.69, 9.17) is 9.84 Å². The number of carboxylic acids is 1. The van der Waals surface area contributed by atoms with Crippen molar-refractivity contribution in [2.75, 3.05) is 19.8 Å². The van der Waals surface area contributed by atoms with Gasteiger partial charge in [-0.1, -0.05) is 0 Å². The number of carbonyl (C=O) groups excluding carboxylic acids is 1. The molecule has 1 aliphatic heterocycles. The second-order valence-corrected chi connectivity index (χ2v) is 5.48. The first-order chi connectivity index (χ1) is 9.58. The van der Waals surface area contributed by atoms with Gasteiger partial charge in [0.2, 0.25) is 0 Å². The van der Waals surface area contributed by atoms with Gasteiger partial charge >= 0.3 is 5.97 Å². The molecule has 20 heavy (non-hydrogen) atoms. The molecule has 0 unspecified atom stereocenters. The molecule has 1 aromatic heterocycles. The maximum Gasteiger partial charge on any atom is 0.323 e. The molecule has 1 saturated heterocycles. The molecule has 1 N–H and O–H groups in total. The third kappa shape index (κ3) is 3.77. The highest BCUT2D eigenvalue weighted by atomic mass is 79.9. The fourth-order valence-electron chi connectivity index (χ4n) is 2.20. The van der Waals surface area contributed by atoms with Crippen molar-refractivity contribution >= 4 is 27.8 Å². The molecule has 0 bridgehead atoms. The summed E-state index contributed by atoms with van der Waals surface area (Å²) in [5.74, 6) is -1.33. The molecular weight excluding hydrogens is 328 g/mol. The van der Waals surface area contributed by atoms with Crippen LogP contribution in [0.4, 0.5) is 0 Å². The summed E-state index contributed by atoms with van der Waals surface area (Å²) in [4.78, 5) is 28.8. The predicted octanol–water partition coefficient (Wildman–Crippen LogP) is 1.55. The number of pyridine rings is 1. The largest absolute Gasteiger partial charge is 0.480 e. The molecule has 6 nitrogen and oxygen atoms in total. The summed E-state index contributed by atoms with van der Waals surface area (Å²) in [6, 6.07) is 1.54. The van der Waals surface area contributed by atoms with Gasteiger partial charge in [0.25, 0.3) is 5.91 Å². The fourth-order valence-corrected chi connectivity index (χ4v) is 2.57. The lowest BCUT2D eigenvalue weighted by atomic mass is 10.1. The topological polar surface area (TPSA) is 79.7 Å². The van der Waals surface area contributed by atoms with Crippen LogP contribution in [0.2, 0.25) is 0 Å². The van der Waals surface area contributed by atoms with E-state index in [0.29, 0.717) is 36.1 Å². The van der Waals surface area contributed by atoms with E-state index >= 15 is 0 Å². The number of carboxylic acid groups (broad SMARTS) is 1. The Balaban J connectivity index is 2.20. The summed E-state index contributed by atoms with van der Waals surface area (Å²) in [6.07, 6.45) is 4.33. The smallest absolute Gasteiger partial charge is 0.323 e. The fraction of sp³-hybridized carbons (Fsp3) is 0.462. The standard InChI is InChI=1S/C13H15BrN2O4/c14-10-5-9(6-15-7-10)13(19)16(8-12(17)18)11-1-3-20-4-2-11/h5-7,11H,1-4,8H2,(H,17,18). The van der Waals surface area contributed by atoms with Crippen molar-refractivity contribution in [2.24, 2.45) is 0 Å². The van der Waals surface area contributed by atoms with Gasteiger partial charge in [0, 0.05) is 36.1 Å². The van der Waals surface area contributed by atoms with Gasteiger partial charge in [-0.3, -0.25) is 14.6 Å². The Morgan fingerprint density at radius 3 is 2.70 bits per heavy atom. The third-order valence-corrected chi connectivity index (χ3v) is 3.58. The Hall–Kier alpha value is -1.47. The molecule has 0 aromatic carbocycles. The van der Waals surface area contributed by atoms with Crippen molar-refractivity contribution in [3.8, 4) is 0 Å². The van der Waals surface area contributed by atoms with E-state index in [0.717, 1.165) is 0 Å². The minimum atomic E-state index is -1.02. The Morgan fingerprint density at radius 2 is 2.10 bits per heavy atom. The van der Waals surface area contributed by atoms with E-state index in [2.05, 4.69) is 20.9 Å². The lowest BCUT2D eigenvalue weighted by molar-refractivity contribution is -0.138. The van der Waals surface area contributed by atoms with E-state index in [1.165, 1.54) is 11.1 Å². The molecule has 1 aliphatic rings. The first kappa shape index (κ1) is 14.9. The van der Waals surface area contributed by atoms with Gasteiger partial charge in [-0.15, -0.1) is 0 Å². The minimum absolute atomic E-state index is 0.105. The number of hydrogen-bond acceptors (Lipinski definition) is 4. The number of aromatic nitrogens is 1. The van der Waals surface area contributed by atoms with E-state index in [9.17, 15) is 9.59 Å². The van der Waals surface area contributed by atoms with Crippen molar-refractivity contribution in [2.45, 2.75) is 18.9 Å². The quantitative estimate of drug-likeness (QED) is 0.897. The maximum absolute atomic E-state index is 12.5. The monoisotopic (exact) mass is 342 g/mol. The highest BCUT2D eigenvalue weighted by molar-refractivity contribution is 9.10. The van der Waals surface area contributed by atoms with Gasteiger partial charge in [-0.05, 0) is 34.8 Å². The molecule has 0 saturated carbocycles. The van der Waals surface area contributed by atoms with E-state index in [1.807, 2.05) is 0 Å². The normalized spacial score (nSPS) is 15.8. The average molecular weight is 343 g/mol. The summed E-state index contributed by atoms with van der Waals surface area (Å²) in [5.41, 5.74) is 0.382. The lowest BCUT2D eigenvalue weighted by Gasteiger charge is -2.33. The molecule has 7 heteroatoms. The Labute approximate surface area is 124 Å². The van der Waals surface area contributed by atoms with Gasteiger partial charge < -0.3 is 14.7 Å². The van der Waals surface area contributed by atoms with Gasteiger partial charge in [-0.25, -0.2) is 0 Å². The molecule has 0 aliphatic carbocycles. The van der Waals surface area contributed by atoms with Crippen LogP contribution >= 0.6 is 15.9 Å². The highest BCUT2D eigenvalue weighted by Gasteiger charge is 2.28. The maximum atomic E-state index is 12.5. The van der Waals surface area contributed by atoms with Crippen LogP contribution in [0, 0.1) is 0 Å². The Kier molecular flexibility index (Phi) is 5.08. The van der Waals surface area contributed by atoms with Gasteiger partial charge in [0.15, 0.2) is 0 Å². The van der Waals surface area contributed by atoms with Crippen molar-refractivity contribution in [1.29, 1.82) is 0 Å². The predicted molar refractivity (Wildman–Crippen MR) is 74.5 cm³/mol. The number of amides is 1. The Morgan fingerprint density at radius 1 is 1.40 bits per heavy atom. The van der Waals surface area contributed by atoms with Crippen LogP contribution in [-0.4, -0.2) is 52.7 Å². The molecule has 108 valence electrons. The number of nitrogens with zero attached hydrogens (tertiary/aromatic N) is 2. The zero-order valence-electron chi connectivity index (χ0n) is 10.8. The van der Waals surface area contributed by atoms with Crippen LogP contribution in [0.5, 0.6) is 0 Å². The minimum Gasteiger partial charge on any atom is -0.480 e. The van der Waals surface area contributed by atoms with Crippen molar-refractivity contribution in [1.82, 2.24) is 9.88 Å². The molecule has 1 fully saturated rings. The van der Waals surface area contributed by atoms with Crippen LogP contribution < -0.4 is 0 Å². The molecule has 1 aromatic rings. The molecule has 2 heterocycles. The van der Waals surface area contributed by atoms with Crippen LogP contribution in [0.3, 0.4) is 0 Å². The lowest BCUT2D eigenvalue weighted by Crippen LogP contribution is -2.46. The highest BCUT2D eigenvalue weighted by Crippen LogP contribution is 2.18. The molecule has 2 rings (SSSR count). The zero-order valence-corrected chi connectivity index (χ0v) is 12.4. The van der Waals surface area contributed by atoms with Crippen LogP contribution in [0.1, 0.15) is 23.2 Å². The molecular formula is C13H15BrN2O4. The van der Waals surface area contributed by atoms with Crippen molar-refractivity contribution in [3.05, 3.63) is 28.5 Å². The molecule has 0 atom stereocenters. The first-order valence-corrected chi connectivity index (χ1v) is 7.08. The van der Waals surface area contributed by atoms with E-state index < -0.39 is 5.97 Å². The molecule has 0 spiro atoms. The third-order valence-electron chi connectivity index (χ3n) is 3.15. The van der Waals surface area contributed by atoms with Gasteiger partial charge in [0.1, 0.15) is 6.54 Å². The second kappa shape index (κ2) is 6.81. The summed E-state index contributed by atoms with van der Waals surface area (Å²) in [5, 5.41) is 9.01. The Bertz CT molecular complexity index is 503. The zero-order chi connectivity index (χ0) is 14.5. The van der Waals surface area contributed by atoms with E-state index in [-0.39, 0.29) is 18.5 Å². The second-order valence-electron chi connectivity index (χ2n) is 4.56. The van der Waals surface area contributed by atoms with Crippen LogP contribution in [-0.2, 0) is 9.53 Å². The van der Waals surface area contributed by atoms with Crippen molar-refractivity contribution in [3.63, 3.8) is 0 Å². The molecule has 0 radical (unpaired) electrons. The SMILES string of the molecule is O=C(O)CN(C(=O)c1cncc(Br)c1)C1CCOCC1. The number of hydrogen-bond donors (Lipinski definition) is 1. The summed E-state index contributed by atoms with van der Waals surface area (Å²) < 4.78 is 5.94. The number of halogens is 1. The van der Waals surface area contributed by atoms with Crippen molar-refractivity contribution < 1.29 is 19.4 Å². The number of rotatable bonds is 4.